The maximum absolute atomic E-state index is 12.0. The highest BCUT2D eigenvalue weighted by atomic mass is 16.5. The van der Waals surface area contributed by atoms with E-state index >= 15 is 0 Å². The Kier molecular flexibility index (Phi) is 6.53. The first-order chi connectivity index (χ1) is 15.7. The number of nitrogens with one attached hydrogen (secondary N) is 3. The summed E-state index contributed by atoms with van der Waals surface area (Å²) in [7, 11) is 1.65. The van der Waals surface area contributed by atoms with Crippen LogP contribution < -0.4 is 16.0 Å². The molecule has 162 valence electrons. The predicted octanol–water partition coefficient (Wildman–Crippen LogP) is 3.56. The number of pyridine rings is 1. The number of nitriles is 1. The van der Waals surface area contributed by atoms with E-state index in [2.05, 4.69) is 37.0 Å². The van der Waals surface area contributed by atoms with Gasteiger partial charge in [0.2, 0.25) is 11.9 Å². The smallest absolute Gasteiger partial charge is 0.227 e. The van der Waals surface area contributed by atoms with Gasteiger partial charge in [-0.25, -0.2) is 15.0 Å². The molecule has 1 saturated carbocycles. The first kappa shape index (κ1) is 21.2. The van der Waals surface area contributed by atoms with E-state index in [1.54, 1.807) is 37.7 Å². The molecule has 1 amide bonds. The number of hydrogen-bond acceptors (Lipinski definition) is 8. The quantitative estimate of drug-likeness (QED) is 0.441. The summed E-state index contributed by atoms with van der Waals surface area (Å²) in [6.07, 6.45) is 5.16. The van der Waals surface area contributed by atoms with Crippen LogP contribution in [0.4, 0.5) is 23.1 Å². The van der Waals surface area contributed by atoms with Crippen molar-refractivity contribution in [1.29, 1.82) is 5.26 Å². The van der Waals surface area contributed by atoms with Gasteiger partial charge in [-0.05, 0) is 37.1 Å². The molecule has 1 aromatic carbocycles. The van der Waals surface area contributed by atoms with Gasteiger partial charge in [-0.2, -0.15) is 5.26 Å². The Labute approximate surface area is 185 Å². The number of ether oxygens (including phenoxy) is 1. The molecule has 2 heterocycles. The molecule has 2 aromatic heterocycles. The number of nitrogens with zero attached hydrogens (tertiary/aromatic N) is 4. The molecule has 1 aliphatic rings. The molecular formula is C23H23N7O2. The minimum absolute atomic E-state index is 0.0313. The molecule has 0 unspecified atom stereocenters. The minimum Gasteiger partial charge on any atom is -0.383 e. The lowest BCUT2D eigenvalue weighted by atomic mass is 10.1. The van der Waals surface area contributed by atoms with Crippen molar-refractivity contribution in [3.05, 3.63) is 54.4 Å². The number of rotatable bonds is 9. The fourth-order valence-electron chi connectivity index (χ4n) is 3.08. The van der Waals surface area contributed by atoms with Gasteiger partial charge in [0, 0.05) is 49.3 Å². The van der Waals surface area contributed by atoms with E-state index in [0.29, 0.717) is 41.9 Å². The van der Waals surface area contributed by atoms with Gasteiger partial charge in [-0.15, -0.1) is 0 Å². The average Bonchev–Trinajstić information content (AvgIpc) is 3.66. The van der Waals surface area contributed by atoms with Gasteiger partial charge in [-0.1, -0.05) is 6.07 Å². The summed E-state index contributed by atoms with van der Waals surface area (Å²) >= 11 is 0. The molecule has 0 saturated heterocycles. The Morgan fingerprint density at radius 3 is 2.81 bits per heavy atom. The van der Waals surface area contributed by atoms with Crippen LogP contribution in [0.1, 0.15) is 18.4 Å². The van der Waals surface area contributed by atoms with Gasteiger partial charge in [0.25, 0.3) is 0 Å². The molecule has 3 aromatic rings. The van der Waals surface area contributed by atoms with Crippen molar-refractivity contribution >= 4 is 29.0 Å². The van der Waals surface area contributed by atoms with E-state index in [1.807, 2.05) is 18.2 Å². The van der Waals surface area contributed by atoms with Crippen LogP contribution in [0.3, 0.4) is 0 Å². The van der Waals surface area contributed by atoms with Crippen molar-refractivity contribution in [3.8, 4) is 17.3 Å². The summed E-state index contributed by atoms with van der Waals surface area (Å²) in [5.41, 5.74) is 3.11. The molecule has 0 atom stereocenters. The second-order valence-electron chi connectivity index (χ2n) is 7.38. The van der Waals surface area contributed by atoms with Crippen LogP contribution in [-0.4, -0.2) is 41.1 Å². The summed E-state index contributed by atoms with van der Waals surface area (Å²) in [5.74, 6) is 1.17. The van der Waals surface area contributed by atoms with E-state index in [0.717, 1.165) is 24.1 Å². The van der Waals surface area contributed by atoms with Crippen molar-refractivity contribution in [3.63, 3.8) is 0 Å². The van der Waals surface area contributed by atoms with Crippen molar-refractivity contribution < 1.29 is 9.53 Å². The zero-order chi connectivity index (χ0) is 22.3. The Bertz CT molecular complexity index is 1160. The molecule has 32 heavy (non-hydrogen) atoms. The Balaban J connectivity index is 1.50. The standard InChI is InChI=1S/C23H23N7O2/c1-32-11-10-26-21-13-18(6-8-25-21)28-23-27-9-7-20(30-23)16-4-5-19(17(12-16)14-24)29-22(31)15-2-3-15/h4-9,12-13,15H,2-3,10-11H2,1H3,(H,29,31)(H2,25,26,27,28,30). The predicted molar refractivity (Wildman–Crippen MR) is 121 cm³/mol. The molecule has 0 aliphatic heterocycles. The van der Waals surface area contributed by atoms with E-state index in [4.69, 9.17) is 4.74 Å². The van der Waals surface area contributed by atoms with Crippen molar-refractivity contribution in [2.45, 2.75) is 12.8 Å². The van der Waals surface area contributed by atoms with Gasteiger partial charge in [0.15, 0.2) is 0 Å². The summed E-state index contributed by atoms with van der Waals surface area (Å²) in [6.45, 7) is 1.23. The zero-order valence-corrected chi connectivity index (χ0v) is 17.6. The van der Waals surface area contributed by atoms with E-state index in [1.165, 1.54) is 0 Å². The summed E-state index contributed by atoms with van der Waals surface area (Å²) in [4.78, 5) is 25.2. The van der Waals surface area contributed by atoms with Gasteiger partial charge >= 0.3 is 0 Å². The third-order valence-corrected chi connectivity index (χ3v) is 4.93. The highest BCUT2D eigenvalue weighted by Crippen LogP contribution is 2.31. The molecule has 3 N–H and O–H groups in total. The molecule has 1 aliphatic carbocycles. The number of amides is 1. The second-order valence-corrected chi connectivity index (χ2v) is 7.38. The normalized spacial score (nSPS) is 12.6. The van der Waals surface area contributed by atoms with Crippen LogP contribution in [0, 0.1) is 17.2 Å². The van der Waals surface area contributed by atoms with E-state index in [-0.39, 0.29) is 11.8 Å². The van der Waals surface area contributed by atoms with Gasteiger partial charge in [0.1, 0.15) is 11.9 Å². The Morgan fingerprint density at radius 2 is 2.03 bits per heavy atom. The minimum atomic E-state index is -0.0313. The van der Waals surface area contributed by atoms with Crippen LogP contribution in [0.2, 0.25) is 0 Å². The number of methoxy groups -OCH3 is 1. The molecule has 4 rings (SSSR count). The lowest BCUT2D eigenvalue weighted by Crippen LogP contribution is -2.14. The summed E-state index contributed by atoms with van der Waals surface area (Å²) < 4.78 is 5.03. The maximum Gasteiger partial charge on any atom is 0.227 e. The summed E-state index contributed by atoms with van der Waals surface area (Å²) in [6, 6.07) is 12.9. The number of anilines is 4. The van der Waals surface area contributed by atoms with Crippen LogP contribution in [0.25, 0.3) is 11.3 Å². The topological polar surface area (TPSA) is 125 Å². The molecule has 9 heteroatoms. The lowest BCUT2D eigenvalue weighted by molar-refractivity contribution is -0.117. The highest BCUT2D eigenvalue weighted by molar-refractivity contribution is 5.95. The Morgan fingerprint density at radius 1 is 1.19 bits per heavy atom. The Hall–Kier alpha value is -4.03. The second kappa shape index (κ2) is 9.85. The van der Waals surface area contributed by atoms with Crippen LogP contribution in [0.5, 0.6) is 0 Å². The molecule has 0 bridgehead atoms. The van der Waals surface area contributed by atoms with Crippen LogP contribution >= 0.6 is 0 Å². The number of carbonyl (C=O) groups excluding carboxylic acids is 1. The third-order valence-electron chi connectivity index (χ3n) is 4.93. The largest absolute Gasteiger partial charge is 0.383 e. The maximum atomic E-state index is 12.0. The number of carbonyl (C=O) groups is 1. The fourth-order valence-corrected chi connectivity index (χ4v) is 3.08. The number of aromatic nitrogens is 3. The number of hydrogen-bond donors (Lipinski definition) is 3. The fraction of sp³-hybridized carbons (Fsp3) is 0.261. The van der Waals surface area contributed by atoms with E-state index in [9.17, 15) is 10.1 Å². The molecule has 1 fully saturated rings. The van der Waals surface area contributed by atoms with Crippen molar-refractivity contribution in [2.75, 3.05) is 36.2 Å². The van der Waals surface area contributed by atoms with Crippen LogP contribution in [0.15, 0.2) is 48.8 Å². The van der Waals surface area contributed by atoms with Crippen molar-refractivity contribution in [2.24, 2.45) is 5.92 Å². The molecule has 0 spiro atoms. The zero-order valence-electron chi connectivity index (χ0n) is 17.6. The van der Waals surface area contributed by atoms with Gasteiger partial charge in [0.05, 0.1) is 23.6 Å². The van der Waals surface area contributed by atoms with Gasteiger partial charge in [-0.3, -0.25) is 4.79 Å². The molecular weight excluding hydrogens is 406 g/mol. The van der Waals surface area contributed by atoms with E-state index < -0.39 is 0 Å². The molecule has 0 radical (unpaired) electrons. The average molecular weight is 429 g/mol. The first-order valence-corrected chi connectivity index (χ1v) is 10.3. The monoisotopic (exact) mass is 429 g/mol. The highest BCUT2D eigenvalue weighted by Gasteiger charge is 2.30. The third kappa shape index (κ3) is 5.36. The van der Waals surface area contributed by atoms with Gasteiger partial charge < -0.3 is 20.7 Å². The molecule has 9 nitrogen and oxygen atoms in total. The first-order valence-electron chi connectivity index (χ1n) is 10.3. The van der Waals surface area contributed by atoms with Crippen molar-refractivity contribution in [1.82, 2.24) is 15.0 Å². The number of benzene rings is 1. The summed E-state index contributed by atoms with van der Waals surface area (Å²) in [5, 5.41) is 18.7. The van der Waals surface area contributed by atoms with Crippen LogP contribution in [-0.2, 0) is 9.53 Å². The lowest BCUT2D eigenvalue weighted by Gasteiger charge is -2.10. The SMILES string of the molecule is COCCNc1cc(Nc2nccc(-c3ccc(NC(=O)C4CC4)c(C#N)c3)n2)ccn1.